The van der Waals surface area contributed by atoms with Crippen LogP contribution >= 0.6 is 0 Å². The Balaban J connectivity index is 1.75. The standard InChI is InChI=1S/C15H25NO5/c1-2-7-16(12-15-20-10-4-11-21-15)13(17)5-6-14-18-8-3-9-19-14/h2,14-15H,1,3-12H2. The van der Waals surface area contributed by atoms with Crippen molar-refractivity contribution in [2.24, 2.45) is 0 Å². The van der Waals surface area contributed by atoms with Crippen molar-refractivity contribution in [3.63, 3.8) is 0 Å². The second-order valence-electron chi connectivity index (χ2n) is 5.18. The SMILES string of the molecule is C=CCN(CC1OCCCO1)C(=O)CCC1OCCCO1. The molecule has 0 unspecified atom stereocenters. The van der Waals surface area contributed by atoms with Crippen molar-refractivity contribution < 1.29 is 23.7 Å². The highest BCUT2D eigenvalue weighted by Crippen LogP contribution is 2.13. The van der Waals surface area contributed by atoms with E-state index in [0.29, 0.717) is 52.4 Å². The van der Waals surface area contributed by atoms with E-state index in [9.17, 15) is 4.79 Å². The van der Waals surface area contributed by atoms with Gasteiger partial charge in [-0.25, -0.2) is 0 Å². The van der Waals surface area contributed by atoms with Crippen molar-refractivity contribution in [3.05, 3.63) is 12.7 Å². The van der Waals surface area contributed by atoms with Crippen molar-refractivity contribution in [2.75, 3.05) is 39.5 Å². The van der Waals surface area contributed by atoms with Crippen LogP contribution in [0.2, 0.25) is 0 Å². The molecular weight excluding hydrogens is 274 g/mol. The Labute approximate surface area is 126 Å². The molecule has 2 fully saturated rings. The molecule has 0 aliphatic carbocycles. The highest BCUT2D eigenvalue weighted by atomic mass is 16.7. The Morgan fingerprint density at radius 1 is 1.05 bits per heavy atom. The molecule has 2 heterocycles. The lowest BCUT2D eigenvalue weighted by molar-refractivity contribution is -0.191. The van der Waals surface area contributed by atoms with E-state index in [1.807, 2.05) is 0 Å². The van der Waals surface area contributed by atoms with Crippen LogP contribution in [0, 0.1) is 0 Å². The van der Waals surface area contributed by atoms with E-state index in [-0.39, 0.29) is 18.5 Å². The van der Waals surface area contributed by atoms with E-state index in [1.54, 1.807) is 11.0 Å². The Hall–Kier alpha value is -0.950. The third kappa shape index (κ3) is 5.74. The zero-order valence-electron chi connectivity index (χ0n) is 12.5. The average molecular weight is 299 g/mol. The van der Waals surface area contributed by atoms with Gasteiger partial charge in [0.05, 0.1) is 33.0 Å². The van der Waals surface area contributed by atoms with Gasteiger partial charge in [-0.05, 0) is 12.8 Å². The number of hydrogen-bond donors (Lipinski definition) is 0. The summed E-state index contributed by atoms with van der Waals surface area (Å²) in [6.07, 6.45) is 3.93. The van der Waals surface area contributed by atoms with Crippen molar-refractivity contribution in [2.45, 2.75) is 38.3 Å². The lowest BCUT2D eigenvalue weighted by Gasteiger charge is -2.30. The van der Waals surface area contributed by atoms with Crippen LogP contribution in [0.5, 0.6) is 0 Å². The lowest BCUT2D eigenvalue weighted by atomic mass is 10.2. The molecule has 0 spiro atoms. The predicted molar refractivity (Wildman–Crippen MR) is 76.6 cm³/mol. The topological polar surface area (TPSA) is 57.2 Å². The Kier molecular flexibility index (Phi) is 7.15. The number of amides is 1. The number of ether oxygens (including phenoxy) is 4. The zero-order valence-corrected chi connectivity index (χ0v) is 12.5. The Morgan fingerprint density at radius 2 is 1.62 bits per heavy atom. The summed E-state index contributed by atoms with van der Waals surface area (Å²) in [6.45, 7) is 7.42. The van der Waals surface area contributed by atoms with Gasteiger partial charge in [-0.1, -0.05) is 6.08 Å². The Bertz CT molecular complexity index is 324. The number of rotatable bonds is 7. The molecule has 2 aliphatic heterocycles. The normalized spacial score (nSPS) is 21.1. The second kappa shape index (κ2) is 9.15. The Morgan fingerprint density at radius 3 is 2.19 bits per heavy atom. The van der Waals surface area contributed by atoms with Crippen molar-refractivity contribution in [1.29, 1.82) is 0 Å². The van der Waals surface area contributed by atoms with E-state index in [0.717, 1.165) is 12.8 Å². The third-order valence-electron chi connectivity index (χ3n) is 3.46. The molecule has 0 aromatic carbocycles. The van der Waals surface area contributed by atoms with Crippen molar-refractivity contribution in [3.8, 4) is 0 Å². The van der Waals surface area contributed by atoms with Crippen LogP contribution in [0.4, 0.5) is 0 Å². The van der Waals surface area contributed by atoms with Gasteiger partial charge in [0.15, 0.2) is 12.6 Å². The minimum atomic E-state index is -0.329. The number of hydrogen-bond acceptors (Lipinski definition) is 5. The van der Waals surface area contributed by atoms with E-state index < -0.39 is 0 Å². The third-order valence-corrected chi connectivity index (χ3v) is 3.46. The molecule has 0 bridgehead atoms. The molecule has 6 heteroatoms. The molecule has 0 N–H and O–H groups in total. The van der Waals surface area contributed by atoms with Crippen LogP contribution in [0.25, 0.3) is 0 Å². The molecule has 0 aromatic heterocycles. The van der Waals surface area contributed by atoms with Gasteiger partial charge >= 0.3 is 0 Å². The van der Waals surface area contributed by atoms with E-state index in [1.165, 1.54) is 0 Å². The van der Waals surface area contributed by atoms with Crippen LogP contribution in [-0.4, -0.2) is 62.9 Å². The molecule has 2 rings (SSSR count). The summed E-state index contributed by atoms with van der Waals surface area (Å²) >= 11 is 0. The molecule has 120 valence electrons. The van der Waals surface area contributed by atoms with Gasteiger partial charge in [-0.2, -0.15) is 0 Å². The fraction of sp³-hybridized carbons (Fsp3) is 0.800. The minimum Gasteiger partial charge on any atom is -0.353 e. The highest BCUT2D eigenvalue weighted by molar-refractivity contribution is 5.76. The summed E-state index contributed by atoms with van der Waals surface area (Å²) in [5, 5.41) is 0. The molecule has 2 saturated heterocycles. The number of carbonyl (C=O) groups is 1. The monoisotopic (exact) mass is 299 g/mol. The van der Waals surface area contributed by atoms with Crippen LogP contribution in [0.15, 0.2) is 12.7 Å². The predicted octanol–water partition coefficient (Wildman–Crippen LogP) is 1.31. The molecule has 0 aromatic rings. The summed E-state index contributed by atoms with van der Waals surface area (Å²) in [5.74, 6) is 0.0467. The zero-order chi connectivity index (χ0) is 14.9. The second-order valence-corrected chi connectivity index (χ2v) is 5.18. The molecule has 6 nitrogen and oxygen atoms in total. The van der Waals surface area contributed by atoms with Gasteiger partial charge in [0, 0.05) is 19.4 Å². The molecule has 0 saturated carbocycles. The van der Waals surface area contributed by atoms with E-state index in [2.05, 4.69) is 6.58 Å². The number of carbonyl (C=O) groups excluding carboxylic acids is 1. The highest BCUT2D eigenvalue weighted by Gasteiger charge is 2.23. The van der Waals surface area contributed by atoms with Gasteiger partial charge in [0.1, 0.15) is 0 Å². The first-order valence-electron chi connectivity index (χ1n) is 7.64. The smallest absolute Gasteiger partial charge is 0.223 e. The molecule has 2 aliphatic rings. The molecular formula is C15H25NO5. The summed E-state index contributed by atoms with van der Waals surface area (Å²) in [4.78, 5) is 14.0. The van der Waals surface area contributed by atoms with Gasteiger partial charge in [0.25, 0.3) is 0 Å². The summed E-state index contributed by atoms with van der Waals surface area (Å²) in [5.41, 5.74) is 0. The maximum atomic E-state index is 12.3. The summed E-state index contributed by atoms with van der Waals surface area (Å²) < 4.78 is 21.9. The van der Waals surface area contributed by atoms with Gasteiger partial charge in [-0.3, -0.25) is 4.79 Å². The first kappa shape index (κ1) is 16.4. The van der Waals surface area contributed by atoms with E-state index >= 15 is 0 Å². The maximum Gasteiger partial charge on any atom is 0.223 e. The molecule has 1 amide bonds. The van der Waals surface area contributed by atoms with Crippen LogP contribution in [0.1, 0.15) is 25.7 Å². The molecule has 0 atom stereocenters. The van der Waals surface area contributed by atoms with Gasteiger partial charge in [-0.15, -0.1) is 6.58 Å². The average Bonchev–Trinajstić information content (AvgIpc) is 2.54. The van der Waals surface area contributed by atoms with Crippen molar-refractivity contribution in [1.82, 2.24) is 4.90 Å². The van der Waals surface area contributed by atoms with Crippen molar-refractivity contribution >= 4 is 5.91 Å². The van der Waals surface area contributed by atoms with Crippen LogP contribution in [-0.2, 0) is 23.7 Å². The van der Waals surface area contributed by atoms with E-state index in [4.69, 9.17) is 18.9 Å². The fourth-order valence-electron chi connectivity index (χ4n) is 2.36. The quantitative estimate of drug-likeness (QED) is 0.663. The summed E-state index contributed by atoms with van der Waals surface area (Å²) in [7, 11) is 0. The lowest BCUT2D eigenvalue weighted by Crippen LogP contribution is -2.42. The minimum absolute atomic E-state index is 0.0467. The first-order valence-corrected chi connectivity index (χ1v) is 7.64. The van der Waals surface area contributed by atoms with Gasteiger partial charge in [0.2, 0.25) is 5.91 Å². The van der Waals surface area contributed by atoms with Crippen LogP contribution < -0.4 is 0 Å². The molecule has 0 radical (unpaired) electrons. The van der Waals surface area contributed by atoms with Crippen LogP contribution in [0.3, 0.4) is 0 Å². The largest absolute Gasteiger partial charge is 0.353 e. The first-order chi connectivity index (χ1) is 10.3. The van der Waals surface area contributed by atoms with Gasteiger partial charge < -0.3 is 23.8 Å². The molecule has 21 heavy (non-hydrogen) atoms. The number of nitrogens with zero attached hydrogens (tertiary/aromatic N) is 1. The summed E-state index contributed by atoms with van der Waals surface area (Å²) in [6, 6.07) is 0. The maximum absolute atomic E-state index is 12.3. The fourth-order valence-corrected chi connectivity index (χ4v) is 2.36.